The van der Waals surface area contributed by atoms with Gasteiger partial charge in [0.05, 0.1) is 0 Å². The van der Waals surface area contributed by atoms with Crippen molar-refractivity contribution in [2.45, 2.75) is 51.1 Å². The van der Waals surface area contributed by atoms with Crippen LogP contribution < -0.4 is 11.1 Å². The quantitative estimate of drug-likeness (QED) is 0.820. The van der Waals surface area contributed by atoms with E-state index in [1.54, 1.807) is 0 Å². The van der Waals surface area contributed by atoms with E-state index >= 15 is 0 Å². The summed E-state index contributed by atoms with van der Waals surface area (Å²) < 4.78 is 0. The zero-order valence-corrected chi connectivity index (χ0v) is 9.95. The standard InChI is InChI=1S/C13H21N3/c1-2-11-9-13(7-8-15-11)16-12-5-3-10(14)4-6-12/h7-10,12H,2-6,14H2,1H3,(H,15,16). The first-order chi connectivity index (χ1) is 7.78. The molecule has 1 heterocycles. The maximum atomic E-state index is 5.90. The number of pyridine rings is 1. The summed E-state index contributed by atoms with van der Waals surface area (Å²) in [5.74, 6) is 0. The molecule has 1 aromatic rings. The molecule has 0 unspecified atom stereocenters. The molecule has 16 heavy (non-hydrogen) atoms. The normalized spacial score (nSPS) is 25.4. The van der Waals surface area contributed by atoms with Crippen LogP contribution >= 0.6 is 0 Å². The van der Waals surface area contributed by atoms with Crippen LogP contribution in [0.2, 0.25) is 0 Å². The molecule has 88 valence electrons. The van der Waals surface area contributed by atoms with Gasteiger partial charge in [0.25, 0.3) is 0 Å². The topological polar surface area (TPSA) is 50.9 Å². The van der Waals surface area contributed by atoms with E-state index in [-0.39, 0.29) is 0 Å². The van der Waals surface area contributed by atoms with Gasteiger partial charge in [-0.3, -0.25) is 4.98 Å². The van der Waals surface area contributed by atoms with Gasteiger partial charge in [-0.05, 0) is 44.2 Å². The lowest BCUT2D eigenvalue weighted by molar-refractivity contribution is 0.411. The molecule has 3 heteroatoms. The molecule has 0 bridgehead atoms. The molecule has 2 rings (SSSR count). The molecule has 1 aromatic heterocycles. The van der Waals surface area contributed by atoms with Gasteiger partial charge in [-0.1, -0.05) is 6.92 Å². The first kappa shape index (κ1) is 11.4. The van der Waals surface area contributed by atoms with Crippen molar-refractivity contribution < 1.29 is 0 Å². The van der Waals surface area contributed by atoms with Crippen LogP contribution in [-0.2, 0) is 6.42 Å². The molecule has 0 radical (unpaired) electrons. The van der Waals surface area contributed by atoms with E-state index in [2.05, 4.69) is 23.3 Å². The van der Waals surface area contributed by atoms with E-state index in [9.17, 15) is 0 Å². The van der Waals surface area contributed by atoms with Gasteiger partial charge in [0.2, 0.25) is 0 Å². The van der Waals surface area contributed by atoms with E-state index in [0.717, 1.165) is 25.0 Å². The first-order valence-corrected chi connectivity index (χ1v) is 6.25. The van der Waals surface area contributed by atoms with Gasteiger partial charge in [0.1, 0.15) is 0 Å². The van der Waals surface area contributed by atoms with Crippen molar-refractivity contribution in [3.63, 3.8) is 0 Å². The number of anilines is 1. The maximum absolute atomic E-state index is 5.90. The molecule has 0 atom stereocenters. The van der Waals surface area contributed by atoms with E-state index < -0.39 is 0 Å². The highest BCUT2D eigenvalue weighted by atomic mass is 14.9. The molecule has 1 fully saturated rings. The molecule has 3 nitrogen and oxygen atoms in total. The highest BCUT2D eigenvalue weighted by Gasteiger charge is 2.17. The van der Waals surface area contributed by atoms with Crippen LogP contribution in [0.4, 0.5) is 5.69 Å². The fourth-order valence-electron chi connectivity index (χ4n) is 2.26. The van der Waals surface area contributed by atoms with Crippen LogP contribution in [-0.4, -0.2) is 17.1 Å². The van der Waals surface area contributed by atoms with Gasteiger partial charge < -0.3 is 11.1 Å². The van der Waals surface area contributed by atoms with Crippen molar-refractivity contribution in [2.24, 2.45) is 5.73 Å². The van der Waals surface area contributed by atoms with Crippen LogP contribution in [0, 0.1) is 0 Å². The molecule has 0 aliphatic heterocycles. The molecule has 0 aromatic carbocycles. The summed E-state index contributed by atoms with van der Waals surface area (Å²) in [6, 6.07) is 5.20. The number of hydrogen-bond donors (Lipinski definition) is 2. The molecule has 1 aliphatic rings. The third-order valence-electron chi connectivity index (χ3n) is 3.32. The van der Waals surface area contributed by atoms with Gasteiger partial charge in [-0.2, -0.15) is 0 Å². The first-order valence-electron chi connectivity index (χ1n) is 6.25. The molecule has 1 aliphatic carbocycles. The van der Waals surface area contributed by atoms with Crippen LogP contribution in [0.3, 0.4) is 0 Å². The number of aromatic nitrogens is 1. The summed E-state index contributed by atoms with van der Waals surface area (Å²) in [6.45, 7) is 2.13. The summed E-state index contributed by atoms with van der Waals surface area (Å²) >= 11 is 0. The van der Waals surface area contributed by atoms with Gasteiger partial charge in [0, 0.05) is 29.7 Å². The van der Waals surface area contributed by atoms with E-state index in [4.69, 9.17) is 5.73 Å². The fraction of sp³-hybridized carbons (Fsp3) is 0.615. The monoisotopic (exact) mass is 219 g/mol. The Kier molecular flexibility index (Phi) is 3.78. The van der Waals surface area contributed by atoms with Crippen molar-refractivity contribution in [1.82, 2.24) is 4.98 Å². The zero-order valence-electron chi connectivity index (χ0n) is 9.95. The predicted molar refractivity (Wildman–Crippen MR) is 67.5 cm³/mol. The summed E-state index contributed by atoms with van der Waals surface area (Å²) in [5, 5.41) is 3.58. The lowest BCUT2D eigenvalue weighted by Gasteiger charge is -2.27. The van der Waals surface area contributed by atoms with Crippen LogP contribution in [0.5, 0.6) is 0 Å². The highest BCUT2D eigenvalue weighted by Crippen LogP contribution is 2.21. The van der Waals surface area contributed by atoms with Crippen molar-refractivity contribution in [3.05, 3.63) is 24.0 Å². The number of nitrogens with one attached hydrogen (secondary N) is 1. The molecule has 0 amide bonds. The Morgan fingerprint density at radius 2 is 2.12 bits per heavy atom. The molecular formula is C13H21N3. The smallest absolute Gasteiger partial charge is 0.0421 e. The number of nitrogens with zero attached hydrogens (tertiary/aromatic N) is 1. The van der Waals surface area contributed by atoms with Crippen molar-refractivity contribution in [3.8, 4) is 0 Å². The summed E-state index contributed by atoms with van der Waals surface area (Å²) in [4.78, 5) is 4.30. The Hall–Kier alpha value is -1.09. The number of hydrogen-bond acceptors (Lipinski definition) is 3. The average Bonchev–Trinajstić information content (AvgIpc) is 2.32. The molecule has 1 saturated carbocycles. The van der Waals surface area contributed by atoms with Gasteiger partial charge in [-0.25, -0.2) is 0 Å². The minimum atomic E-state index is 0.418. The Bertz CT molecular complexity index is 330. The number of aryl methyl sites for hydroxylation is 1. The second-order valence-corrected chi connectivity index (χ2v) is 4.65. The van der Waals surface area contributed by atoms with Crippen LogP contribution in [0.25, 0.3) is 0 Å². The third-order valence-corrected chi connectivity index (χ3v) is 3.32. The molecule has 0 spiro atoms. The van der Waals surface area contributed by atoms with Gasteiger partial charge in [0.15, 0.2) is 0 Å². The lowest BCUT2D eigenvalue weighted by Crippen LogP contribution is -2.32. The average molecular weight is 219 g/mol. The number of nitrogens with two attached hydrogens (primary N) is 1. The lowest BCUT2D eigenvalue weighted by atomic mass is 9.92. The van der Waals surface area contributed by atoms with Crippen LogP contribution in [0.1, 0.15) is 38.3 Å². The van der Waals surface area contributed by atoms with E-state index in [1.165, 1.54) is 18.5 Å². The Morgan fingerprint density at radius 1 is 1.38 bits per heavy atom. The van der Waals surface area contributed by atoms with Crippen LogP contribution in [0.15, 0.2) is 18.3 Å². The predicted octanol–water partition coefficient (Wildman–Crippen LogP) is 2.33. The minimum Gasteiger partial charge on any atom is -0.382 e. The second kappa shape index (κ2) is 5.30. The maximum Gasteiger partial charge on any atom is 0.0421 e. The van der Waals surface area contributed by atoms with Gasteiger partial charge in [-0.15, -0.1) is 0 Å². The summed E-state index contributed by atoms with van der Waals surface area (Å²) in [5.41, 5.74) is 8.25. The van der Waals surface area contributed by atoms with E-state index in [1.807, 2.05) is 12.3 Å². The zero-order chi connectivity index (χ0) is 11.4. The third kappa shape index (κ3) is 2.95. The van der Waals surface area contributed by atoms with Crippen molar-refractivity contribution in [2.75, 3.05) is 5.32 Å². The molecular weight excluding hydrogens is 198 g/mol. The second-order valence-electron chi connectivity index (χ2n) is 4.65. The largest absolute Gasteiger partial charge is 0.382 e. The van der Waals surface area contributed by atoms with E-state index in [0.29, 0.717) is 12.1 Å². The van der Waals surface area contributed by atoms with Crippen molar-refractivity contribution >= 4 is 5.69 Å². The summed E-state index contributed by atoms with van der Waals surface area (Å²) in [6.07, 6.45) is 7.53. The van der Waals surface area contributed by atoms with Gasteiger partial charge >= 0.3 is 0 Å². The Labute approximate surface area is 97.5 Å². The SMILES string of the molecule is CCc1cc(NC2CCC(N)CC2)ccn1. The highest BCUT2D eigenvalue weighted by molar-refractivity contribution is 5.44. The number of rotatable bonds is 3. The Morgan fingerprint density at radius 3 is 2.81 bits per heavy atom. The fourth-order valence-corrected chi connectivity index (χ4v) is 2.26. The molecule has 3 N–H and O–H groups in total. The summed E-state index contributed by atoms with van der Waals surface area (Å²) in [7, 11) is 0. The molecule has 0 saturated heterocycles. The van der Waals surface area contributed by atoms with Crippen molar-refractivity contribution in [1.29, 1.82) is 0 Å². The Balaban J connectivity index is 1.93. The minimum absolute atomic E-state index is 0.418.